The average molecular weight is 490 g/mol. The molecule has 0 atom stereocenters. The number of rotatable bonds is 4. The SMILES string of the molecule is Cc1c(-n2c(-c3ccc4ccccc4c3)csc2=Nc2cccnc2)c(=O)n(-c2ccccc2)n1C. The summed E-state index contributed by atoms with van der Waals surface area (Å²) in [5, 5.41) is 4.38. The number of benzene rings is 3. The topological polar surface area (TPSA) is 57.1 Å². The van der Waals surface area contributed by atoms with Crippen LogP contribution in [-0.4, -0.2) is 18.9 Å². The van der Waals surface area contributed by atoms with E-state index in [1.54, 1.807) is 17.1 Å². The van der Waals surface area contributed by atoms with E-state index in [4.69, 9.17) is 4.99 Å². The second-order valence-electron chi connectivity index (χ2n) is 8.53. The van der Waals surface area contributed by atoms with Crippen LogP contribution in [0, 0.1) is 6.92 Å². The lowest BCUT2D eigenvalue weighted by molar-refractivity contribution is 0.630. The number of hydrogen-bond donors (Lipinski definition) is 0. The van der Waals surface area contributed by atoms with Crippen molar-refractivity contribution in [3.8, 4) is 22.6 Å². The maximum absolute atomic E-state index is 14.0. The van der Waals surface area contributed by atoms with Crippen molar-refractivity contribution in [3.05, 3.63) is 124 Å². The van der Waals surface area contributed by atoms with Gasteiger partial charge in [-0.1, -0.05) is 54.6 Å². The summed E-state index contributed by atoms with van der Waals surface area (Å²) in [6, 6.07) is 28.1. The van der Waals surface area contributed by atoms with E-state index in [2.05, 4.69) is 40.7 Å². The van der Waals surface area contributed by atoms with E-state index in [1.807, 2.05) is 77.8 Å². The van der Waals surface area contributed by atoms with Crippen molar-refractivity contribution in [3.63, 3.8) is 0 Å². The van der Waals surface area contributed by atoms with Crippen LogP contribution in [0.5, 0.6) is 0 Å². The maximum Gasteiger partial charge on any atom is 0.296 e. The number of para-hydroxylation sites is 1. The Balaban J connectivity index is 1.66. The van der Waals surface area contributed by atoms with Crippen LogP contribution in [0.1, 0.15) is 5.69 Å². The first-order chi connectivity index (χ1) is 17.6. The Morgan fingerprint density at radius 2 is 1.67 bits per heavy atom. The van der Waals surface area contributed by atoms with Gasteiger partial charge in [-0.05, 0) is 48.0 Å². The van der Waals surface area contributed by atoms with E-state index in [1.165, 1.54) is 16.7 Å². The van der Waals surface area contributed by atoms with Crippen molar-refractivity contribution < 1.29 is 0 Å². The fraction of sp³-hybridized carbons (Fsp3) is 0.0690. The Bertz CT molecular complexity index is 1830. The predicted octanol–water partition coefficient (Wildman–Crippen LogP) is 5.78. The highest BCUT2D eigenvalue weighted by Gasteiger charge is 2.22. The lowest BCUT2D eigenvalue weighted by atomic mass is 10.1. The van der Waals surface area contributed by atoms with Crippen molar-refractivity contribution in [2.75, 3.05) is 0 Å². The molecule has 176 valence electrons. The lowest BCUT2D eigenvalue weighted by Gasteiger charge is -2.09. The maximum atomic E-state index is 14.0. The minimum Gasteiger partial charge on any atom is -0.283 e. The molecular formula is C29H23N5OS. The van der Waals surface area contributed by atoms with Crippen LogP contribution in [0.4, 0.5) is 5.69 Å². The molecule has 0 saturated heterocycles. The molecule has 0 unspecified atom stereocenters. The number of fused-ring (bicyclic) bond motifs is 1. The van der Waals surface area contributed by atoms with Crippen LogP contribution in [0.15, 0.2) is 112 Å². The molecule has 0 spiro atoms. The summed E-state index contributed by atoms with van der Waals surface area (Å²) in [5.74, 6) is 0. The zero-order valence-corrected chi connectivity index (χ0v) is 20.7. The van der Waals surface area contributed by atoms with Gasteiger partial charge in [-0.25, -0.2) is 9.67 Å². The molecule has 3 aromatic carbocycles. The first kappa shape index (κ1) is 22.0. The van der Waals surface area contributed by atoms with Crippen LogP contribution >= 0.6 is 11.3 Å². The molecular weight excluding hydrogens is 466 g/mol. The van der Waals surface area contributed by atoms with E-state index in [9.17, 15) is 4.79 Å². The van der Waals surface area contributed by atoms with E-state index < -0.39 is 0 Å². The third kappa shape index (κ3) is 3.70. The van der Waals surface area contributed by atoms with Gasteiger partial charge in [0, 0.05) is 24.2 Å². The second kappa shape index (κ2) is 8.94. The number of pyridine rings is 1. The van der Waals surface area contributed by atoms with Gasteiger partial charge in [0.2, 0.25) is 0 Å². The summed E-state index contributed by atoms with van der Waals surface area (Å²) < 4.78 is 5.59. The van der Waals surface area contributed by atoms with Crippen LogP contribution in [0.3, 0.4) is 0 Å². The normalized spacial score (nSPS) is 11.9. The highest BCUT2D eigenvalue weighted by molar-refractivity contribution is 7.07. The quantitative estimate of drug-likeness (QED) is 0.315. The third-order valence-electron chi connectivity index (χ3n) is 6.37. The number of thiazole rings is 1. The molecule has 0 amide bonds. The molecule has 0 bridgehead atoms. The van der Waals surface area contributed by atoms with Gasteiger partial charge in [0.15, 0.2) is 4.80 Å². The fourth-order valence-electron chi connectivity index (χ4n) is 4.50. The van der Waals surface area contributed by atoms with Crippen LogP contribution in [-0.2, 0) is 7.05 Å². The Morgan fingerprint density at radius 3 is 2.44 bits per heavy atom. The predicted molar refractivity (Wildman–Crippen MR) is 145 cm³/mol. The molecule has 6 aromatic rings. The Kier molecular flexibility index (Phi) is 5.47. The van der Waals surface area contributed by atoms with Gasteiger partial charge in [0.05, 0.1) is 29.0 Å². The molecule has 0 aliphatic heterocycles. The molecule has 6 rings (SSSR count). The van der Waals surface area contributed by atoms with Crippen molar-refractivity contribution in [1.82, 2.24) is 18.9 Å². The van der Waals surface area contributed by atoms with Gasteiger partial charge in [-0.3, -0.25) is 19.0 Å². The van der Waals surface area contributed by atoms with Crippen LogP contribution in [0.25, 0.3) is 33.4 Å². The van der Waals surface area contributed by atoms with E-state index in [-0.39, 0.29) is 5.56 Å². The lowest BCUT2D eigenvalue weighted by Crippen LogP contribution is -2.24. The zero-order valence-electron chi connectivity index (χ0n) is 19.9. The fourth-order valence-corrected chi connectivity index (χ4v) is 5.41. The third-order valence-corrected chi connectivity index (χ3v) is 7.20. The largest absolute Gasteiger partial charge is 0.296 e. The number of nitrogens with zero attached hydrogens (tertiary/aromatic N) is 5. The summed E-state index contributed by atoms with van der Waals surface area (Å²) in [4.78, 5) is 23.8. The van der Waals surface area contributed by atoms with E-state index >= 15 is 0 Å². The van der Waals surface area contributed by atoms with Crippen LogP contribution < -0.4 is 10.4 Å². The zero-order chi connectivity index (χ0) is 24.6. The number of aromatic nitrogens is 4. The Labute approximate surface area is 211 Å². The smallest absolute Gasteiger partial charge is 0.283 e. The van der Waals surface area contributed by atoms with Gasteiger partial charge in [0.1, 0.15) is 5.69 Å². The van der Waals surface area contributed by atoms with Gasteiger partial charge in [-0.2, -0.15) is 0 Å². The first-order valence-corrected chi connectivity index (χ1v) is 12.5. The van der Waals surface area contributed by atoms with Crippen molar-refractivity contribution >= 4 is 27.8 Å². The van der Waals surface area contributed by atoms with E-state index in [0.29, 0.717) is 10.5 Å². The summed E-state index contributed by atoms with van der Waals surface area (Å²) in [7, 11) is 1.91. The molecule has 3 heterocycles. The molecule has 7 heteroatoms. The average Bonchev–Trinajstić information content (AvgIpc) is 3.41. The second-order valence-corrected chi connectivity index (χ2v) is 9.37. The molecule has 0 aliphatic rings. The molecule has 36 heavy (non-hydrogen) atoms. The molecule has 3 aromatic heterocycles. The number of hydrogen-bond acceptors (Lipinski definition) is 4. The Morgan fingerprint density at radius 1 is 0.889 bits per heavy atom. The molecule has 0 fully saturated rings. The highest BCUT2D eigenvalue weighted by atomic mass is 32.1. The van der Waals surface area contributed by atoms with Crippen molar-refractivity contribution in [1.29, 1.82) is 0 Å². The van der Waals surface area contributed by atoms with Gasteiger partial charge >= 0.3 is 0 Å². The summed E-state index contributed by atoms with van der Waals surface area (Å²) in [5.41, 5.74) is 4.80. The standard InChI is InChI=1S/C29H23N5OS/c1-20-27(28(35)34(32(20)2)25-12-4-3-5-13-25)33-26(19-36-29(33)31-24-11-8-16-30-18-24)23-15-14-21-9-6-7-10-22(21)17-23/h3-19H,1-2H3. The molecule has 0 aliphatic carbocycles. The summed E-state index contributed by atoms with van der Waals surface area (Å²) in [6.07, 6.45) is 3.45. The summed E-state index contributed by atoms with van der Waals surface area (Å²) in [6.45, 7) is 1.97. The monoisotopic (exact) mass is 489 g/mol. The molecule has 0 radical (unpaired) electrons. The van der Waals surface area contributed by atoms with E-state index in [0.717, 1.165) is 33.7 Å². The molecule has 0 N–H and O–H groups in total. The first-order valence-electron chi connectivity index (χ1n) is 11.6. The minimum atomic E-state index is -0.103. The van der Waals surface area contributed by atoms with Crippen molar-refractivity contribution in [2.24, 2.45) is 12.0 Å². The Hall–Kier alpha value is -4.49. The molecule has 6 nitrogen and oxygen atoms in total. The van der Waals surface area contributed by atoms with Crippen molar-refractivity contribution in [2.45, 2.75) is 6.92 Å². The molecule has 0 saturated carbocycles. The minimum absolute atomic E-state index is 0.103. The van der Waals surface area contributed by atoms with Crippen LogP contribution in [0.2, 0.25) is 0 Å². The van der Waals surface area contributed by atoms with Gasteiger partial charge in [0.25, 0.3) is 5.56 Å². The summed E-state index contributed by atoms with van der Waals surface area (Å²) >= 11 is 1.51. The van der Waals surface area contributed by atoms with Gasteiger partial charge in [-0.15, -0.1) is 11.3 Å². The van der Waals surface area contributed by atoms with Gasteiger partial charge < -0.3 is 0 Å². The highest BCUT2D eigenvalue weighted by Crippen LogP contribution is 2.28.